The fourth-order valence-corrected chi connectivity index (χ4v) is 5.76. The zero-order chi connectivity index (χ0) is 14.9. The first-order valence-electron chi connectivity index (χ1n) is 7.55. The first-order valence-corrected chi connectivity index (χ1v) is 9.82. The van der Waals surface area contributed by atoms with Crippen LogP contribution in [0.5, 0.6) is 0 Å². The predicted octanol–water partition coefficient (Wildman–Crippen LogP) is 1.80. The van der Waals surface area contributed by atoms with Crippen LogP contribution in [0.4, 0.5) is 0 Å². The van der Waals surface area contributed by atoms with Gasteiger partial charge in [-0.15, -0.1) is 11.3 Å². The van der Waals surface area contributed by atoms with Crippen LogP contribution < -0.4 is 0 Å². The number of hydrogen-bond donors (Lipinski definition) is 1. The minimum absolute atomic E-state index is 0.0866. The molecule has 118 valence electrons. The second kappa shape index (κ2) is 6.34. The maximum Gasteiger partial charge on any atom is 0.282 e. The van der Waals surface area contributed by atoms with E-state index in [9.17, 15) is 13.5 Å². The molecule has 0 aromatic carbocycles. The summed E-state index contributed by atoms with van der Waals surface area (Å²) in [6.07, 6.45) is 4.52. The lowest BCUT2D eigenvalue weighted by Gasteiger charge is -2.37. The van der Waals surface area contributed by atoms with Crippen LogP contribution in [0.2, 0.25) is 0 Å². The summed E-state index contributed by atoms with van der Waals surface area (Å²) in [6.45, 7) is 0.900. The molecule has 1 saturated carbocycles. The molecule has 0 spiro atoms. The lowest BCUT2D eigenvalue weighted by Crippen LogP contribution is -2.52. The third-order valence-corrected chi connectivity index (χ3v) is 7.18. The highest BCUT2D eigenvalue weighted by molar-refractivity contribution is 7.86. The number of piperidine rings is 1. The van der Waals surface area contributed by atoms with Crippen molar-refractivity contribution < 1.29 is 13.5 Å². The Morgan fingerprint density at radius 1 is 1.33 bits per heavy atom. The highest BCUT2D eigenvalue weighted by Gasteiger charge is 2.43. The SMILES string of the molecule is O=S(=O)(N1CCCCC1CO)N(Cc1cccs1)C1CC1. The fraction of sp³-hybridized carbons (Fsp3) is 0.714. The second-order valence-electron chi connectivity index (χ2n) is 5.81. The van der Waals surface area contributed by atoms with Gasteiger partial charge in [0.15, 0.2) is 0 Å². The fourth-order valence-electron chi connectivity index (χ4n) is 2.91. The molecule has 1 aromatic rings. The van der Waals surface area contributed by atoms with E-state index in [0.29, 0.717) is 13.1 Å². The van der Waals surface area contributed by atoms with Crippen molar-refractivity contribution in [2.75, 3.05) is 13.2 Å². The quantitative estimate of drug-likeness (QED) is 0.865. The van der Waals surface area contributed by atoms with Gasteiger partial charge in [0.1, 0.15) is 0 Å². The number of aliphatic hydroxyl groups is 1. The average Bonchev–Trinajstić information content (AvgIpc) is 3.20. The van der Waals surface area contributed by atoms with Crippen LogP contribution in [0, 0.1) is 0 Å². The molecular formula is C14H22N2O3S2. The van der Waals surface area contributed by atoms with Gasteiger partial charge < -0.3 is 5.11 Å². The van der Waals surface area contributed by atoms with Crippen LogP contribution in [-0.2, 0) is 16.8 Å². The van der Waals surface area contributed by atoms with E-state index >= 15 is 0 Å². The van der Waals surface area contributed by atoms with Gasteiger partial charge in [-0.05, 0) is 37.1 Å². The topological polar surface area (TPSA) is 60.9 Å². The van der Waals surface area contributed by atoms with Gasteiger partial charge in [-0.2, -0.15) is 17.0 Å². The van der Waals surface area contributed by atoms with E-state index in [1.807, 2.05) is 17.5 Å². The summed E-state index contributed by atoms with van der Waals surface area (Å²) in [6, 6.07) is 3.82. The van der Waals surface area contributed by atoms with Gasteiger partial charge in [-0.1, -0.05) is 12.5 Å². The molecule has 1 aliphatic heterocycles. The van der Waals surface area contributed by atoms with Gasteiger partial charge in [0.05, 0.1) is 6.61 Å². The Bertz CT molecular complexity index is 555. The zero-order valence-corrected chi connectivity index (χ0v) is 13.7. The van der Waals surface area contributed by atoms with Crippen LogP contribution in [0.15, 0.2) is 17.5 Å². The molecule has 21 heavy (non-hydrogen) atoms. The summed E-state index contributed by atoms with van der Waals surface area (Å²) in [5.41, 5.74) is 0. The molecule has 5 nitrogen and oxygen atoms in total. The number of aliphatic hydroxyl groups excluding tert-OH is 1. The first kappa shape index (κ1) is 15.4. The Balaban J connectivity index is 1.82. The molecule has 2 heterocycles. The Hall–Kier alpha value is -0.470. The standard InChI is InChI=1S/C14H22N2O3S2/c17-11-13-4-1-2-8-15(13)21(18,19)16(12-6-7-12)10-14-5-3-9-20-14/h3,5,9,12-13,17H,1-2,4,6-8,10-11H2. The molecule has 1 N–H and O–H groups in total. The average molecular weight is 330 g/mol. The zero-order valence-electron chi connectivity index (χ0n) is 12.0. The summed E-state index contributed by atoms with van der Waals surface area (Å²) in [7, 11) is -3.48. The van der Waals surface area contributed by atoms with Gasteiger partial charge in [0, 0.05) is 30.1 Å². The molecule has 3 rings (SSSR count). The van der Waals surface area contributed by atoms with Crippen molar-refractivity contribution in [3.63, 3.8) is 0 Å². The monoisotopic (exact) mass is 330 g/mol. The molecule has 0 amide bonds. The van der Waals surface area contributed by atoms with Crippen molar-refractivity contribution in [1.29, 1.82) is 0 Å². The smallest absolute Gasteiger partial charge is 0.282 e. The number of rotatable bonds is 6. The molecule has 0 radical (unpaired) electrons. The minimum atomic E-state index is -3.48. The molecule has 2 aliphatic rings. The summed E-state index contributed by atoms with van der Waals surface area (Å²) in [5, 5.41) is 11.5. The van der Waals surface area contributed by atoms with Gasteiger partial charge in [0.2, 0.25) is 0 Å². The van der Waals surface area contributed by atoms with Crippen LogP contribution in [0.1, 0.15) is 37.0 Å². The second-order valence-corrected chi connectivity index (χ2v) is 8.67. The lowest BCUT2D eigenvalue weighted by molar-refractivity contribution is 0.146. The van der Waals surface area contributed by atoms with E-state index in [2.05, 4.69) is 0 Å². The largest absolute Gasteiger partial charge is 0.395 e. The van der Waals surface area contributed by atoms with Crippen molar-refractivity contribution in [1.82, 2.24) is 8.61 Å². The lowest BCUT2D eigenvalue weighted by atomic mass is 10.1. The highest BCUT2D eigenvalue weighted by atomic mass is 32.2. The van der Waals surface area contributed by atoms with E-state index in [0.717, 1.165) is 37.0 Å². The van der Waals surface area contributed by atoms with Crippen molar-refractivity contribution in [3.8, 4) is 0 Å². The van der Waals surface area contributed by atoms with Crippen LogP contribution >= 0.6 is 11.3 Å². The molecule has 1 unspecified atom stereocenters. The normalized spacial score (nSPS) is 24.6. The molecular weight excluding hydrogens is 308 g/mol. The van der Waals surface area contributed by atoms with Crippen molar-refractivity contribution in [3.05, 3.63) is 22.4 Å². The third-order valence-electron chi connectivity index (χ3n) is 4.22. The molecule has 1 saturated heterocycles. The number of thiophene rings is 1. The number of hydrogen-bond acceptors (Lipinski definition) is 4. The predicted molar refractivity (Wildman–Crippen MR) is 83.2 cm³/mol. The Kier molecular flexibility index (Phi) is 4.66. The van der Waals surface area contributed by atoms with Crippen LogP contribution in [0.3, 0.4) is 0 Å². The first-order chi connectivity index (χ1) is 10.1. The Morgan fingerprint density at radius 3 is 2.76 bits per heavy atom. The van der Waals surface area contributed by atoms with E-state index in [1.54, 1.807) is 15.6 Å². The molecule has 1 aromatic heterocycles. The van der Waals surface area contributed by atoms with Crippen molar-refractivity contribution in [2.24, 2.45) is 0 Å². The summed E-state index contributed by atoms with van der Waals surface area (Å²) in [4.78, 5) is 1.07. The summed E-state index contributed by atoms with van der Waals surface area (Å²) >= 11 is 1.59. The molecule has 1 aliphatic carbocycles. The third kappa shape index (κ3) is 3.32. The molecule has 2 fully saturated rings. The highest BCUT2D eigenvalue weighted by Crippen LogP contribution is 2.34. The molecule has 1 atom stereocenters. The Morgan fingerprint density at radius 2 is 2.14 bits per heavy atom. The van der Waals surface area contributed by atoms with E-state index in [-0.39, 0.29) is 18.7 Å². The van der Waals surface area contributed by atoms with Gasteiger partial charge in [-0.3, -0.25) is 0 Å². The molecule has 0 bridgehead atoms. The Labute approximate surface area is 130 Å². The molecule has 7 heteroatoms. The van der Waals surface area contributed by atoms with Crippen molar-refractivity contribution >= 4 is 21.5 Å². The maximum absolute atomic E-state index is 13.0. The van der Waals surface area contributed by atoms with E-state index < -0.39 is 10.2 Å². The summed E-state index contributed by atoms with van der Waals surface area (Å²) < 4.78 is 29.2. The van der Waals surface area contributed by atoms with E-state index in [1.165, 1.54) is 4.31 Å². The summed E-state index contributed by atoms with van der Waals surface area (Å²) in [5.74, 6) is 0. The van der Waals surface area contributed by atoms with Gasteiger partial charge in [-0.25, -0.2) is 0 Å². The van der Waals surface area contributed by atoms with E-state index in [4.69, 9.17) is 0 Å². The maximum atomic E-state index is 13.0. The van der Waals surface area contributed by atoms with Crippen LogP contribution in [0.25, 0.3) is 0 Å². The number of nitrogens with zero attached hydrogens (tertiary/aromatic N) is 2. The minimum Gasteiger partial charge on any atom is -0.395 e. The van der Waals surface area contributed by atoms with Crippen molar-refractivity contribution in [2.45, 2.75) is 50.7 Å². The van der Waals surface area contributed by atoms with Gasteiger partial charge >= 0.3 is 0 Å². The van der Waals surface area contributed by atoms with Gasteiger partial charge in [0.25, 0.3) is 10.2 Å². The van der Waals surface area contributed by atoms with Crippen LogP contribution in [-0.4, -0.2) is 47.4 Å².